The first-order valence-electron chi connectivity index (χ1n) is 6.09. The average Bonchev–Trinajstić information content (AvgIpc) is 2.98. The number of hydrogen-bond acceptors (Lipinski definition) is 5. The number of aromatic nitrogens is 4. The van der Waals surface area contributed by atoms with Crippen LogP contribution >= 0.6 is 23.4 Å². The molecule has 1 N–H and O–H groups in total. The van der Waals surface area contributed by atoms with Gasteiger partial charge in [0.05, 0.1) is 10.6 Å². The lowest BCUT2D eigenvalue weighted by molar-refractivity contribution is 0.630. The van der Waals surface area contributed by atoms with Gasteiger partial charge in [0.1, 0.15) is 16.9 Å². The van der Waals surface area contributed by atoms with Gasteiger partial charge in [-0.3, -0.25) is 5.10 Å². The van der Waals surface area contributed by atoms with Crippen LogP contribution in [0.1, 0.15) is 5.69 Å². The Balaban J connectivity index is 1.86. The van der Waals surface area contributed by atoms with Gasteiger partial charge in [0.15, 0.2) is 11.5 Å². The normalized spacial score (nSPS) is 10.4. The molecule has 1 aromatic carbocycles. The summed E-state index contributed by atoms with van der Waals surface area (Å²) in [5, 5.41) is 16.8. The van der Waals surface area contributed by atoms with Crippen molar-refractivity contribution in [2.45, 2.75) is 10.2 Å². The number of nitrogens with zero attached hydrogens (tertiary/aromatic N) is 4. The molecule has 0 aliphatic heterocycles. The number of pyridine rings is 1. The molecule has 108 valence electrons. The molecule has 5 nitrogen and oxygen atoms in total. The van der Waals surface area contributed by atoms with Crippen LogP contribution in [0.2, 0.25) is 5.02 Å². The number of halogens is 2. The fourth-order valence-corrected chi connectivity index (χ4v) is 2.55. The van der Waals surface area contributed by atoms with E-state index in [0.29, 0.717) is 21.6 Å². The first-order valence-corrected chi connectivity index (χ1v) is 7.28. The molecule has 2 heterocycles. The molecule has 22 heavy (non-hydrogen) atoms. The SMILES string of the molecule is N#Cc1nc(Sc2n[nH]c(-c3ccccc3F)n2)ccc1Cl. The Morgan fingerprint density at radius 1 is 1.18 bits per heavy atom. The van der Waals surface area contributed by atoms with Gasteiger partial charge in [0, 0.05) is 0 Å². The minimum Gasteiger partial charge on any atom is -0.258 e. The zero-order valence-electron chi connectivity index (χ0n) is 10.9. The van der Waals surface area contributed by atoms with E-state index in [4.69, 9.17) is 16.9 Å². The summed E-state index contributed by atoms with van der Waals surface area (Å²) in [4.78, 5) is 8.30. The second-order valence-electron chi connectivity index (χ2n) is 4.14. The van der Waals surface area contributed by atoms with Gasteiger partial charge >= 0.3 is 0 Å². The highest BCUT2D eigenvalue weighted by Crippen LogP contribution is 2.27. The van der Waals surface area contributed by atoms with Crippen molar-refractivity contribution < 1.29 is 4.39 Å². The van der Waals surface area contributed by atoms with Crippen LogP contribution in [-0.2, 0) is 0 Å². The van der Waals surface area contributed by atoms with Gasteiger partial charge in [-0.05, 0) is 36.0 Å². The first-order chi connectivity index (χ1) is 10.7. The maximum absolute atomic E-state index is 13.7. The van der Waals surface area contributed by atoms with Crippen molar-refractivity contribution in [3.8, 4) is 17.5 Å². The molecule has 0 atom stereocenters. The van der Waals surface area contributed by atoms with Crippen molar-refractivity contribution >= 4 is 23.4 Å². The molecule has 0 saturated carbocycles. The molecular formula is C14H7ClFN5S. The van der Waals surface area contributed by atoms with Crippen LogP contribution in [0.15, 0.2) is 46.6 Å². The van der Waals surface area contributed by atoms with Gasteiger partial charge in [-0.25, -0.2) is 14.4 Å². The lowest BCUT2D eigenvalue weighted by Crippen LogP contribution is -1.88. The zero-order valence-corrected chi connectivity index (χ0v) is 12.5. The Hall–Kier alpha value is -2.43. The summed E-state index contributed by atoms with van der Waals surface area (Å²) in [6.07, 6.45) is 0. The highest BCUT2D eigenvalue weighted by molar-refractivity contribution is 7.99. The van der Waals surface area contributed by atoms with E-state index in [-0.39, 0.29) is 16.5 Å². The number of aromatic amines is 1. The fourth-order valence-electron chi connectivity index (χ4n) is 1.72. The highest BCUT2D eigenvalue weighted by Gasteiger charge is 2.12. The van der Waals surface area contributed by atoms with Crippen molar-refractivity contribution in [3.05, 3.63) is 52.9 Å². The second-order valence-corrected chi connectivity index (χ2v) is 5.53. The molecule has 0 aliphatic carbocycles. The number of benzene rings is 1. The summed E-state index contributed by atoms with van der Waals surface area (Å²) in [5.74, 6) is -0.0540. The highest BCUT2D eigenvalue weighted by atomic mass is 35.5. The average molecular weight is 332 g/mol. The summed E-state index contributed by atoms with van der Waals surface area (Å²) in [6, 6.07) is 11.4. The van der Waals surface area contributed by atoms with Crippen LogP contribution in [0.3, 0.4) is 0 Å². The van der Waals surface area contributed by atoms with Crippen molar-refractivity contribution in [3.63, 3.8) is 0 Å². The van der Waals surface area contributed by atoms with Gasteiger partial charge in [0.25, 0.3) is 0 Å². The van der Waals surface area contributed by atoms with E-state index in [1.807, 2.05) is 6.07 Å². The van der Waals surface area contributed by atoms with E-state index in [1.165, 1.54) is 6.07 Å². The predicted molar refractivity (Wildman–Crippen MR) is 79.9 cm³/mol. The van der Waals surface area contributed by atoms with Crippen molar-refractivity contribution in [2.24, 2.45) is 0 Å². The zero-order chi connectivity index (χ0) is 15.5. The molecule has 0 saturated heterocycles. The molecule has 0 unspecified atom stereocenters. The van der Waals surface area contributed by atoms with Gasteiger partial charge in [-0.2, -0.15) is 5.26 Å². The molecule has 3 aromatic rings. The van der Waals surface area contributed by atoms with Crippen molar-refractivity contribution in [2.75, 3.05) is 0 Å². The van der Waals surface area contributed by atoms with Gasteiger partial charge in [-0.1, -0.05) is 23.7 Å². The summed E-state index contributed by atoms with van der Waals surface area (Å²) >= 11 is 6.98. The molecule has 0 bridgehead atoms. The number of H-pyrrole nitrogens is 1. The van der Waals surface area contributed by atoms with Crippen LogP contribution in [-0.4, -0.2) is 20.2 Å². The maximum atomic E-state index is 13.7. The molecule has 3 rings (SSSR count). The Morgan fingerprint density at radius 3 is 2.77 bits per heavy atom. The molecule has 0 aliphatic rings. The number of nitriles is 1. The summed E-state index contributed by atoms with van der Waals surface area (Å²) in [7, 11) is 0. The maximum Gasteiger partial charge on any atom is 0.215 e. The molecule has 0 fully saturated rings. The molecule has 0 spiro atoms. The van der Waals surface area contributed by atoms with E-state index >= 15 is 0 Å². The van der Waals surface area contributed by atoms with E-state index in [2.05, 4.69) is 20.2 Å². The van der Waals surface area contributed by atoms with E-state index in [0.717, 1.165) is 11.8 Å². The fraction of sp³-hybridized carbons (Fsp3) is 0. The topological polar surface area (TPSA) is 78.2 Å². The Morgan fingerprint density at radius 2 is 2.00 bits per heavy atom. The smallest absolute Gasteiger partial charge is 0.215 e. The Kier molecular flexibility index (Phi) is 4.04. The molecular weight excluding hydrogens is 325 g/mol. The largest absolute Gasteiger partial charge is 0.258 e. The minimum absolute atomic E-state index is 0.136. The Labute approximate surface area is 134 Å². The third-order valence-electron chi connectivity index (χ3n) is 2.72. The predicted octanol–water partition coefficient (Wildman–Crippen LogP) is 3.68. The summed E-state index contributed by atoms with van der Waals surface area (Å²) in [6.45, 7) is 0. The summed E-state index contributed by atoms with van der Waals surface area (Å²) < 4.78 is 13.7. The third-order valence-corrected chi connectivity index (χ3v) is 3.82. The molecule has 2 aromatic heterocycles. The summed E-state index contributed by atoms with van der Waals surface area (Å²) in [5.41, 5.74) is 0.472. The lowest BCUT2D eigenvalue weighted by Gasteiger charge is -1.98. The van der Waals surface area contributed by atoms with Crippen LogP contribution in [0.4, 0.5) is 4.39 Å². The lowest BCUT2D eigenvalue weighted by atomic mass is 10.2. The van der Waals surface area contributed by atoms with E-state index < -0.39 is 0 Å². The number of rotatable bonds is 3. The quantitative estimate of drug-likeness (QED) is 0.792. The third kappa shape index (κ3) is 2.93. The van der Waals surface area contributed by atoms with E-state index in [1.54, 1.807) is 30.3 Å². The minimum atomic E-state index is -0.383. The van der Waals surface area contributed by atoms with Gasteiger partial charge < -0.3 is 0 Å². The van der Waals surface area contributed by atoms with Crippen LogP contribution in [0, 0.1) is 17.1 Å². The standard InChI is InChI=1S/C14H7ClFN5S/c15-9-5-6-12(18-11(9)7-17)22-14-19-13(20-21-14)8-3-1-2-4-10(8)16/h1-6H,(H,19,20,21). The number of nitrogens with one attached hydrogen (secondary N) is 1. The molecule has 8 heteroatoms. The van der Waals surface area contributed by atoms with Crippen molar-refractivity contribution in [1.82, 2.24) is 20.2 Å². The monoisotopic (exact) mass is 331 g/mol. The van der Waals surface area contributed by atoms with Crippen molar-refractivity contribution in [1.29, 1.82) is 5.26 Å². The Bertz CT molecular complexity index is 874. The van der Waals surface area contributed by atoms with Gasteiger partial charge in [0.2, 0.25) is 5.16 Å². The molecule has 0 radical (unpaired) electrons. The first kappa shape index (κ1) is 14.5. The molecule has 0 amide bonds. The van der Waals surface area contributed by atoms with Crippen LogP contribution < -0.4 is 0 Å². The van der Waals surface area contributed by atoms with Crippen LogP contribution in [0.25, 0.3) is 11.4 Å². The number of hydrogen-bond donors (Lipinski definition) is 1. The van der Waals surface area contributed by atoms with E-state index in [9.17, 15) is 4.39 Å². The second kappa shape index (κ2) is 6.13. The van der Waals surface area contributed by atoms with Crippen LogP contribution in [0.5, 0.6) is 0 Å². The van der Waals surface area contributed by atoms with Gasteiger partial charge in [-0.15, -0.1) is 5.10 Å².